The Hall–Kier alpha value is -1.94. The summed E-state index contributed by atoms with van der Waals surface area (Å²) in [4.78, 5) is 72.1. The van der Waals surface area contributed by atoms with Gasteiger partial charge in [0.25, 0.3) is 0 Å². The topological polar surface area (TPSA) is 237 Å². The maximum atomic E-state index is 13.0. The number of rotatable bonds is 63. The third kappa shape index (κ3) is 57.2. The van der Waals surface area contributed by atoms with Gasteiger partial charge in [0.05, 0.1) is 26.4 Å². The van der Waals surface area contributed by atoms with Crippen molar-refractivity contribution < 1.29 is 80.2 Å². The van der Waals surface area contributed by atoms with E-state index in [0.717, 1.165) is 95.8 Å². The summed E-state index contributed by atoms with van der Waals surface area (Å²) in [6.07, 6.45) is 40.2. The van der Waals surface area contributed by atoms with Crippen molar-refractivity contribution in [1.82, 2.24) is 0 Å². The maximum Gasteiger partial charge on any atom is 0.472 e. The lowest BCUT2D eigenvalue weighted by molar-refractivity contribution is -0.161. The van der Waals surface area contributed by atoms with Crippen LogP contribution >= 0.6 is 15.6 Å². The zero-order valence-corrected chi connectivity index (χ0v) is 54.4. The molecule has 0 fully saturated rings. The summed E-state index contributed by atoms with van der Waals surface area (Å²) in [5.41, 5.74) is 0. The Labute approximate surface area is 498 Å². The molecule has 0 aliphatic carbocycles. The number of phosphoric acid groups is 2. The van der Waals surface area contributed by atoms with Crippen LogP contribution in [0.15, 0.2) is 0 Å². The maximum absolute atomic E-state index is 13.0. The number of ether oxygens (including phenoxy) is 4. The fourth-order valence-corrected chi connectivity index (χ4v) is 11.0. The van der Waals surface area contributed by atoms with Crippen LogP contribution in [0.5, 0.6) is 0 Å². The third-order valence-electron chi connectivity index (χ3n) is 14.5. The molecule has 17 nitrogen and oxygen atoms in total. The lowest BCUT2D eigenvalue weighted by atomic mass is 10.0. The average Bonchev–Trinajstić information content (AvgIpc) is 3.45. The van der Waals surface area contributed by atoms with Crippen LogP contribution in [-0.2, 0) is 65.4 Å². The Morgan fingerprint density at radius 3 is 0.829 bits per heavy atom. The van der Waals surface area contributed by atoms with Gasteiger partial charge in [0.1, 0.15) is 19.3 Å². The Bertz CT molecular complexity index is 1600. The number of hydrogen-bond donors (Lipinski definition) is 3. The zero-order valence-electron chi connectivity index (χ0n) is 52.6. The molecule has 19 heteroatoms. The first-order valence-corrected chi connectivity index (χ1v) is 36.1. The van der Waals surface area contributed by atoms with Crippen molar-refractivity contribution >= 4 is 39.5 Å². The standard InChI is InChI=1S/C63H122O17P2/c1-6-9-12-15-18-21-23-28-32-37-42-47-61(66)74-53-59(80-63(68)49-44-39-34-29-24-26-30-35-40-45-56(4)5)55-78-82(71,72)76-51-57(64)50-75-81(69,70)77-54-58(52-73-60(65)46-41-36-31-25-20-17-14-11-8-3)79-62(67)48-43-38-33-27-22-19-16-13-10-7-2/h56-59,64H,6-55H2,1-5H3,(H,69,70)(H,71,72)/t57-,58+,59+/m0/s1. The van der Waals surface area contributed by atoms with Crippen LogP contribution in [0.2, 0.25) is 0 Å². The Morgan fingerprint density at radius 2 is 0.561 bits per heavy atom. The fraction of sp³-hybridized carbons (Fsp3) is 0.937. The molecular weight excluding hydrogens is 1090 g/mol. The van der Waals surface area contributed by atoms with Crippen molar-refractivity contribution in [2.75, 3.05) is 39.6 Å². The Morgan fingerprint density at radius 1 is 0.329 bits per heavy atom. The van der Waals surface area contributed by atoms with E-state index in [1.54, 1.807) is 0 Å². The second-order valence-electron chi connectivity index (χ2n) is 23.3. The highest BCUT2D eigenvalue weighted by Gasteiger charge is 2.30. The normalized spacial score (nSPS) is 14.3. The summed E-state index contributed by atoms with van der Waals surface area (Å²) in [5, 5.41) is 10.5. The summed E-state index contributed by atoms with van der Waals surface area (Å²) < 4.78 is 67.9. The molecule has 3 N–H and O–H groups in total. The Balaban J connectivity index is 5.23. The number of aliphatic hydroxyl groups excluding tert-OH is 1. The first kappa shape index (κ1) is 80.1. The molecule has 0 aromatic rings. The molecule has 0 heterocycles. The van der Waals surface area contributed by atoms with Gasteiger partial charge in [-0.15, -0.1) is 0 Å². The molecule has 486 valence electrons. The van der Waals surface area contributed by atoms with E-state index in [1.165, 1.54) is 141 Å². The minimum atomic E-state index is -4.94. The molecule has 0 aliphatic rings. The van der Waals surface area contributed by atoms with Crippen LogP contribution in [0.4, 0.5) is 0 Å². The first-order chi connectivity index (χ1) is 39.5. The molecule has 5 atom stereocenters. The first-order valence-electron chi connectivity index (χ1n) is 33.1. The SMILES string of the molecule is CCCCCCCCCCCCCC(=O)OC[C@H](COP(=O)(O)OC[C@@H](O)COP(=O)(O)OC[C@@H](COC(=O)CCCCCCCCCCC)OC(=O)CCCCCCCCCCCC)OC(=O)CCCCCCCCCCCC(C)C. The van der Waals surface area contributed by atoms with Gasteiger partial charge in [0.2, 0.25) is 0 Å². The summed E-state index contributed by atoms with van der Waals surface area (Å²) in [7, 11) is -9.88. The van der Waals surface area contributed by atoms with Crippen molar-refractivity contribution in [1.29, 1.82) is 0 Å². The smallest absolute Gasteiger partial charge is 0.462 e. The van der Waals surface area contributed by atoms with E-state index in [0.29, 0.717) is 25.7 Å². The number of aliphatic hydroxyl groups is 1. The predicted octanol–water partition coefficient (Wildman–Crippen LogP) is 17.4. The van der Waals surface area contributed by atoms with E-state index in [2.05, 4.69) is 34.6 Å². The molecule has 0 spiro atoms. The van der Waals surface area contributed by atoms with Crippen molar-refractivity contribution in [2.45, 2.75) is 335 Å². The van der Waals surface area contributed by atoms with Crippen molar-refractivity contribution in [2.24, 2.45) is 5.92 Å². The van der Waals surface area contributed by atoms with E-state index in [-0.39, 0.29) is 25.7 Å². The summed E-state index contributed by atoms with van der Waals surface area (Å²) in [6, 6.07) is 0. The molecule has 0 rings (SSSR count). The van der Waals surface area contributed by atoms with Crippen LogP contribution in [0.3, 0.4) is 0 Å². The van der Waals surface area contributed by atoms with Gasteiger partial charge in [-0.05, 0) is 31.6 Å². The lowest BCUT2D eigenvalue weighted by Gasteiger charge is -2.21. The number of unbranched alkanes of at least 4 members (excludes halogenated alkanes) is 35. The lowest BCUT2D eigenvalue weighted by Crippen LogP contribution is -2.30. The van der Waals surface area contributed by atoms with Gasteiger partial charge in [-0.25, -0.2) is 9.13 Å². The van der Waals surface area contributed by atoms with Crippen molar-refractivity contribution in [3.63, 3.8) is 0 Å². The second-order valence-corrected chi connectivity index (χ2v) is 26.2. The van der Waals surface area contributed by atoms with Crippen LogP contribution in [0.1, 0.15) is 317 Å². The van der Waals surface area contributed by atoms with E-state index in [4.69, 9.17) is 37.0 Å². The predicted molar refractivity (Wildman–Crippen MR) is 326 cm³/mol. The minimum Gasteiger partial charge on any atom is -0.462 e. The highest BCUT2D eigenvalue weighted by molar-refractivity contribution is 7.47. The summed E-state index contributed by atoms with van der Waals surface area (Å²) >= 11 is 0. The molecule has 0 aromatic heterocycles. The number of phosphoric ester groups is 2. The van der Waals surface area contributed by atoms with Crippen molar-refractivity contribution in [3.8, 4) is 0 Å². The number of hydrogen-bond acceptors (Lipinski definition) is 15. The van der Waals surface area contributed by atoms with E-state index < -0.39 is 97.5 Å². The van der Waals surface area contributed by atoms with Crippen LogP contribution in [0, 0.1) is 5.92 Å². The quantitative estimate of drug-likeness (QED) is 0.0222. The molecule has 0 aliphatic heterocycles. The number of esters is 4. The van der Waals surface area contributed by atoms with Gasteiger partial charge in [-0.2, -0.15) is 0 Å². The monoisotopic (exact) mass is 1210 g/mol. The molecule has 2 unspecified atom stereocenters. The second kappa shape index (κ2) is 56.8. The van der Waals surface area contributed by atoms with Gasteiger partial charge >= 0.3 is 39.5 Å². The largest absolute Gasteiger partial charge is 0.472 e. The van der Waals surface area contributed by atoms with E-state index in [1.807, 2.05) is 0 Å². The van der Waals surface area contributed by atoms with Crippen LogP contribution in [-0.4, -0.2) is 96.7 Å². The van der Waals surface area contributed by atoms with E-state index in [9.17, 15) is 43.2 Å². The molecule has 0 bridgehead atoms. The molecule has 0 aromatic carbocycles. The van der Waals surface area contributed by atoms with Crippen LogP contribution in [0.25, 0.3) is 0 Å². The summed E-state index contributed by atoms with van der Waals surface area (Å²) in [5.74, 6) is -1.40. The molecule has 0 radical (unpaired) electrons. The van der Waals surface area contributed by atoms with Gasteiger partial charge in [-0.3, -0.25) is 37.3 Å². The molecular formula is C63H122O17P2. The van der Waals surface area contributed by atoms with Crippen molar-refractivity contribution in [3.05, 3.63) is 0 Å². The minimum absolute atomic E-state index is 0.106. The van der Waals surface area contributed by atoms with Crippen LogP contribution < -0.4 is 0 Å². The molecule has 0 amide bonds. The van der Waals surface area contributed by atoms with Gasteiger partial charge in [0.15, 0.2) is 12.2 Å². The Kier molecular flexibility index (Phi) is 55.5. The number of carbonyl (C=O) groups is 4. The van der Waals surface area contributed by atoms with E-state index >= 15 is 0 Å². The molecule has 0 saturated carbocycles. The summed E-state index contributed by atoms with van der Waals surface area (Å²) in [6.45, 7) is 7.14. The zero-order chi connectivity index (χ0) is 60.6. The van der Waals surface area contributed by atoms with Gasteiger partial charge in [-0.1, -0.05) is 266 Å². The molecule has 82 heavy (non-hydrogen) atoms. The number of carbonyl (C=O) groups excluding carboxylic acids is 4. The highest BCUT2D eigenvalue weighted by atomic mass is 31.2. The fourth-order valence-electron chi connectivity index (χ4n) is 9.41. The average molecular weight is 1210 g/mol. The highest BCUT2D eigenvalue weighted by Crippen LogP contribution is 2.45. The molecule has 0 saturated heterocycles. The third-order valence-corrected chi connectivity index (χ3v) is 16.4. The van der Waals surface area contributed by atoms with Gasteiger partial charge in [0, 0.05) is 25.7 Å². The van der Waals surface area contributed by atoms with Gasteiger partial charge < -0.3 is 33.8 Å².